The van der Waals surface area contributed by atoms with Gasteiger partial charge in [0.1, 0.15) is 4.64 Å². The van der Waals surface area contributed by atoms with Gasteiger partial charge in [0.05, 0.1) is 5.56 Å². The fraction of sp³-hybridized carbons (Fsp3) is 0.294. The molecule has 0 aliphatic rings. The predicted octanol–water partition coefficient (Wildman–Crippen LogP) is 3.00. The molecule has 0 saturated heterocycles. The molecule has 0 unspecified atom stereocenters. The van der Waals surface area contributed by atoms with Crippen LogP contribution in [0, 0.1) is 4.64 Å². The van der Waals surface area contributed by atoms with Crippen LogP contribution >= 0.6 is 12.2 Å². The quantitative estimate of drug-likeness (QED) is 0.610. The van der Waals surface area contributed by atoms with E-state index in [0.29, 0.717) is 16.7 Å². The van der Waals surface area contributed by atoms with Crippen LogP contribution in [0.15, 0.2) is 48.7 Å². The molecule has 1 amide bonds. The van der Waals surface area contributed by atoms with Crippen LogP contribution in [-0.4, -0.2) is 35.9 Å². The Kier molecular flexibility index (Phi) is 6.30. The number of amides is 1. The summed E-state index contributed by atoms with van der Waals surface area (Å²) in [5.74, 6) is -0.118. The molecule has 2 rings (SSSR count). The average molecular weight is 315 g/mol. The van der Waals surface area contributed by atoms with Gasteiger partial charge in [0.15, 0.2) is 0 Å². The highest BCUT2D eigenvalue weighted by Gasteiger charge is 2.06. The highest BCUT2D eigenvalue weighted by molar-refractivity contribution is 7.71. The maximum Gasteiger partial charge on any atom is 0.254 e. The van der Waals surface area contributed by atoms with Gasteiger partial charge in [0.2, 0.25) is 0 Å². The summed E-state index contributed by atoms with van der Waals surface area (Å²) in [6.45, 7) is 2.48. The Morgan fingerprint density at radius 1 is 1.23 bits per heavy atom. The Bertz CT molecular complexity index is 654. The Hall–Kier alpha value is -1.98. The summed E-state index contributed by atoms with van der Waals surface area (Å²) in [6, 6.07) is 13.9. The van der Waals surface area contributed by atoms with Gasteiger partial charge in [-0.25, -0.2) is 0 Å². The first-order valence-corrected chi connectivity index (χ1v) is 7.76. The minimum Gasteiger partial charge on any atom is -0.352 e. The molecule has 2 N–H and O–H groups in total. The van der Waals surface area contributed by atoms with Crippen molar-refractivity contribution in [3.05, 3.63) is 64.4 Å². The Labute approximate surface area is 136 Å². The summed E-state index contributed by atoms with van der Waals surface area (Å²) in [4.78, 5) is 17.1. The number of hydrogen-bond acceptors (Lipinski definition) is 3. The van der Waals surface area contributed by atoms with Crippen LogP contribution in [0.3, 0.4) is 0 Å². The highest BCUT2D eigenvalue weighted by Crippen LogP contribution is 2.03. The van der Waals surface area contributed by atoms with Crippen LogP contribution in [0.2, 0.25) is 0 Å². The molecular formula is C17H21N3OS. The van der Waals surface area contributed by atoms with Crippen molar-refractivity contribution in [2.75, 3.05) is 20.1 Å². The molecule has 22 heavy (non-hydrogen) atoms. The monoisotopic (exact) mass is 315 g/mol. The van der Waals surface area contributed by atoms with E-state index in [1.54, 1.807) is 18.3 Å². The molecule has 0 saturated carbocycles. The average Bonchev–Trinajstić information content (AvgIpc) is 2.53. The van der Waals surface area contributed by atoms with E-state index in [2.05, 4.69) is 34.4 Å². The van der Waals surface area contributed by atoms with Crippen molar-refractivity contribution < 1.29 is 4.79 Å². The van der Waals surface area contributed by atoms with E-state index < -0.39 is 0 Å². The zero-order valence-electron chi connectivity index (χ0n) is 12.7. The van der Waals surface area contributed by atoms with E-state index in [9.17, 15) is 4.79 Å². The van der Waals surface area contributed by atoms with Crippen LogP contribution in [0.4, 0.5) is 0 Å². The summed E-state index contributed by atoms with van der Waals surface area (Å²) in [7, 11) is 2.09. The van der Waals surface area contributed by atoms with Crippen LogP contribution in [-0.2, 0) is 6.54 Å². The molecule has 0 atom stereocenters. The number of nitrogens with zero attached hydrogens (tertiary/aromatic N) is 1. The van der Waals surface area contributed by atoms with E-state index in [0.717, 1.165) is 19.5 Å². The van der Waals surface area contributed by atoms with Crippen LogP contribution in [0.25, 0.3) is 0 Å². The van der Waals surface area contributed by atoms with E-state index in [4.69, 9.17) is 12.2 Å². The lowest BCUT2D eigenvalue weighted by Crippen LogP contribution is -2.28. The SMILES string of the molecule is CN(CCCNC(=O)c1ccc[nH]c1=S)Cc1ccccc1. The number of nitrogens with one attached hydrogen (secondary N) is 2. The Morgan fingerprint density at radius 2 is 2.00 bits per heavy atom. The number of carbonyl (C=O) groups is 1. The molecular weight excluding hydrogens is 294 g/mol. The maximum absolute atomic E-state index is 12.0. The second kappa shape index (κ2) is 8.46. The third-order valence-electron chi connectivity index (χ3n) is 3.36. The van der Waals surface area contributed by atoms with Crippen molar-refractivity contribution in [1.82, 2.24) is 15.2 Å². The van der Waals surface area contributed by atoms with Crippen molar-refractivity contribution in [3.63, 3.8) is 0 Å². The molecule has 1 aromatic heterocycles. The largest absolute Gasteiger partial charge is 0.352 e. The standard InChI is InChI=1S/C17H21N3OS/c1-20(13-14-7-3-2-4-8-14)12-6-11-18-16(21)15-9-5-10-19-17(15)22/h2-5,7-10H,6,11-13H2,1H3,(H,18,21)(H,19,22). The highest BCUT2D eigenvalue weighted by atomic mass is 32.1. The van der Waals surface area contributed by atoms with Gasteiger partial charge in [-0.2, -0.15) is 0 Å². The van der Waals surface area contributed by atoms with Crippen molar-refractivity contribution in [2.45, 2.75) is 13.0 Å². The fourth-order valence-corrected chi connectivity index (χ4v) is 2.45. The summed E-state index contributed by atoms with van der Waals surface area (Å²) >= 11 is 5.10. The summed E-state index contributed by atoms with van der Waals surface area (Å²) in [6.07, 6.45) is 2.62. The van der Waals surface area contributed by atoms with Gasteiger partial charge < -0.3 is 15.2 Å². The minimum atomic E-state index is -0.118. The third-order valence-corrected chi connectivity index (χ3v) is 3.70. The topological polar surface area (TPSA) is 48.1 Å². The van der Waals surface area contributed by atoms with Crippen molar-refractivity contribution in [2.24, 2.45) is 0 Å². The minimum absolute atomic E-state index is 0.118. The number of pyridine rings is 1. The number of aromatic nitrogens is 1. The van der Waals surface area contributed by atoms with Gasteiger partial charge in [0, 0.05) is 19.3 Å². The Balaban J connectivity index is 1.70. The lowest BCUT2D eigenvalue weighted by molar-refractivity contribution is 0.0951. The number of rotatable bonds is 7. The first-order valence-electron chi connectivity index (χ1n) is 7.35. The number of carbonyl (C=O) groups excluding carboxylic acids is 1. The van der Waals surface area contributed by atoms with Gasteiger partial charge in [-0.05, 0) is 37.7 Å². The molecule has 0 fully saturated rings. The van der Waals surface area contributed by atoms with Crippen molar-refractivity contribution in [3.8, 4) is 0 Å². The van der Waals surface area contributed by atoms with E-state index >= 15 is 0 Å². The number of hydrogen-bond donors (Lipinski definition) is 2. The summed E-state index contributed by atoms with van der Waals surface area (Å²) < 4.78 is 0.473. The fourth-order valence-electron chi connectivity index (χ4n) is 2.22. The van der Waals surface area contributed by atoms with Gasteiger partial charge in [-0.1, -0.05) is 42.5 Å². The maximum atomic E-state index is 12.0. The van der Waals surface area contributed by atoms with Crippen LogP contribution in [0.1, 0.15) is 22.3 Å². The molecule has 0 radical (unpaired) electrons. The number of aromatic amines is 1. The molecule has 0 bridgehead atoms. The first kappa shape index (κ1) is 16.4. The zero-order valence-corrected chi connectivity index (χ0v) is 13.5. The smallest absolute Gasteiger partial charge is 0.254 e. The number of benzene rings is 1. The summed E-state index contributed by atoms with van der Waals surface area (Å²) in [5.41, 5.74) is 1.82. The molecule has 0 aliphatic carbocycles. The zero-order chi connectivity index (χ0) is 15.8. The lowest BCUT2D eigenvalue weighted by atomic mass is 10.2. The molecule has 0 spiro atoms. The van der Waals surface area contributed by atoms with Crippen molar-refractivity contribution >= 4 is 18.1 Å². The molecule has 116 valence electrons. The molecule has 0 aliphatic heterocycles. The Morgan fingerprint density at radius 3 is 2.73 bits per heavy atom. The molecule has 2 aromatic rings. The van der Waals surface area contributed by atoms with Gasteiger partial charge in [0.25, 0.3) is 5.91 Å². The lowest BCUT2D eigenvalue weighted by Gasteiger charge is -2.16. The summed E-state index contributed by atoms with van der Waals surface area (Å²) in [5, 5.41) is 2.91. The predicted molar refractivity (Wildman–Crippen MR) is 91.4 cm³/mol. The second-order valence-electron chi connectivity index (χ2n) is 5.25. The van der Waals surface area contributed by atoms with Gasteiger partial charge in [-0.3, -0.25) is 4.79 Å². The van der Waals surface area contributed by atoms with Crippen LogP contribution < -0.4 is 5.32 Å². The molecule has 4 nitrogen and oxygen atoms in total. The van der Waals surface area contributed by atoms with Gasteiger partial charge in [-0.15, -0.1) is 0 Å². The van der Waals surface area contributed by atoms with Crippen molar-refractivity contribution in [1.29, 1.82) is 0 Å². The second-order valence-corrected chi connectivity index (χ2v) is 5.65. The third kappa shape index (κ3) is 5.09. The van der Waals surface area contributed by atoms with E-state index in [-0.39, 0.29) is 5.91 Å². The number of H-pyrrole nitrogens is 1. The first-order chi connectivity index (χ1) is 10.7. The van der Waals surface area contributed by atoms with E-state index in [1.165, 1.54) is 5.56 Å². The van der Waals surface area contributed by atoms with E-state index in [1.807, 2.05) is 18.2 Å². The van der Waals surface area contributed by atoms with Gasteiger partial charge >= 0.3 is 0 Å². The molecule has 1 heterocycles. The normalized spacial score (nSPS) is 10.6. The molecule has 1 aromatic carbocycles. The van der Waals surface area contributed by atoms with Crippen LogP contribution in [0.5, 0.6) is 0 Å². The molecule has 5 heteroatoms.